The standard InChI is InChI=1S/C25H27ClFNO4S/c1-25(30)16-5-6-17(25)12-19(11-16)33(31,32)23-10-15(4-8-21(23)26)24(29)28-18-7-9-22(27)20(13-18)14-2-3-14/h4,7-10,13-14,16-17,19,30H,2-3,5-6,11-12H2,1H3,(H,28,29). The zero-order valence-electron chi connectivity index (χ0n) is 18.4. The van der Waals surface area contributed by atoms with Gasteiger partial charge in [0.15, 0.2) is 9.84 Å². The van der Waals surface area contributed by atoms with E-state index in [0.29, 0.717) is 24.1 Å². The smallest absolute Gasteiger partial charge is 0.255 e. The Balaban J connectivity index is 1.39. The minimum Gasteiger partial charge on any atom is -0.390 e. The van der Waals surface area contributed by atoms with Gasteiger partial charge in [0.25, 0.3) is 5.91 Å². The molecule has 2 unspecified atom stereocenters. The second kappa shape index (κ2) is 8.07. The molecular weight excluding hydrogens is 465 g/mol. The van der Waals surface area contributed by atoms with E-state index in [1.165, 1.54) is 30.3 Å². The third kappa shape index (κ3) is 4.08. The van der Waals surface area contributed by atoms with Crippen molar-refractivity contribution in [2.45, 2.75) is 67.1 Å². The van der Waals surface area contributed by atoms with E-state index in [4.69, 9.17) is 11.6 Å². The highest BCUT2D eigenvalue weighted by atomic mass is 35.5. The highest BCUT2D eigenvalue weighted by Crippen LogP contribution is 2.51. The van der Waals surface area contributed by atoms with Crippen LogP contribution in [0.1, 0.15) is 67.3 Å². The monoisotopic (exact) mass is 491 g/mol. The van der Waals surface area contributed by atoms with Crippen LogP contribution in [0.2, 0.25) is 5.02 Å². The summed E-state index contributed by atoms with van der Waals surface area (Å²) in [6.07, 6.45) is 4.28. The summed E-state index contributed by atoms with van der Waals surface area (Å²) >= 11 is 6.29. The second-order valence-electron chi connectivity index (χ2n) is 9.95. The van der Waals surface area contributed by atoms with E-state index in [-0.39, 0.29) is 39.1 Å². The number of aliphatic hydroxyl groups is 1. The molecule has 0 spiro atoms. The lowest BCUT2D eigenvalue weighted by molar-refractivity contribution is -0.0413. The van der Waals surface area contributed by atoms with E-state index < -0.39 is 26.6 Å². The van der Waals surface area contributed by atoms with Gasteiger partial charge in [0.2, 0.25) is 0 Å². The van der Waals surface area contributed by atoms with Crippen molar-refractivity contribution >= 4 is 33.0 Å². The molecule has 2 atom stereocenters. The van der Waals surface area contributed by atoms with E-state index >= 15 is 0 Å². The third-order valence-corrected chi connectivity index (χ3v) is 10.5. The van der Waals surface area contributed by atoms with E-state index in [9.17, 15) is 22.7 Å². The van der Waals surface area contributed by atoms with Gasteiger partial charge in [0, 0.05) is 11.3 Å². The van der Waals surface area contributed by atoms with Gasteiger partial charge in [-0.3, -0.25) is 4.79 Å². The van der Waals surface area contributed by atoms with Crippen LogP contribution in [-0.4, -0.2) is 30.3 Å². The van der Waals surface area contributed by atoms with E-state index in [1.54, 1.807) is 13.0 Å². The molecule has 2 bridgehead atoms. The maximum atomic E-state index is 14.0. The fourth-order valence-corrected chi connectivity index (χ4v) is 7.99. The maximum Gasteiger partial charge on any atom is 0.255 e. The maximum absolute atomic E-state index is 14.0. The average molecular weight is 492 g/mol. The Morgan fingerprint density at radius 2 is 1.76 bits per heavy atom. The number of nitrogens with one attached hydrogen (secondary N) is 1. The Morgan fingerprint density at radius 3 is 2.39 bits per heavy atom. The summed E-state index contributed by atoms with van der Waals surface area (Å²) in [5.41, 5.74) is 0.399. The fraction of sp³-hybridized carbons (Fsp3) is 0.480. The Labute approximate surface area is 198 Å². The number of carbonyl (C=O) groups is 1. The molecule has 3 saturated carbocycles. The first kappa shape index (κ1) is 22.8. The predicted molar refractivity (Wildman–Crippen MR) is 125 cm³/mol. The minimum absolute atomic E-state index is 0.0551. The molecule has 3 aliphatic rings. The van der Waals surface area contributed by atoms with Crippen molar-refractivity contribution in [1.82, 2.24) is 0 Å². The molecule has 2 aromatic rings. The molecule has 33 heavy (non-hydrogen) atoms. The number of hydrogen-bond donors (Lipinski definition) is 2. The summed E-state index contributed by atoms with van der Waals surface area (Å²) in [6, 6.07) is 8.72. The van der Waals surface area contributed by atoms with Gasteiger partial charge >= 0.3 is 0 Å². The van der Waals surface area contributed by atoms with Gasteiger partial charge in [0.05, 0.1) is 20.8 Å². The molecule has 2 aromatic carbocycles. The number of rotatable bonds is 5. The lowest BCUT2D eigenvalue weighted by Gasteiger charge is -2.40. The molecule has 0 radical (unpaired) electrons. The molecular formula is C25H27ClFNO4S. The Hall–Kier alpha value is -1.96. The highest BCUT2D eigenvalue weighted by Gasteiger charge is 2.53. The molecule has 3 aliphatic carbocycles. The van der Waals surface area contributed by atoms with Crippen LogP contribution in [0.5, 0.6) is 0 Å². The average Bonchev–Trinajstić information content (AvgIpc) is 3.58. The van der Waals surface area contributed by atoms with Crippen LogP contribution in [0.25, 0.3) is 0 Å². The molecule has 0 heterocycles. The molecule has 0 saturated heterocycles. The Bertz CT molecular complexity index is 1210. The minimum atomic E-state index is -3.79. The van der Waals surface area contributed by atoms with Crippen LogP contribution < -0.4 is 5.32 Å². The topological polar surface area (TPSA) is 83.5 Å². The third-order valence-electron chi connectivity index (χ3n) is 7.82. The van der Waals surface area contributed by atoms with Crippen LogP contribution in [-0.2, 0) is 9.84 Å². The highest BCUT2D eigenvalue weighted by molar-refractivity contribution is 7.92. The summed E-state index contributed by atoms with van der Waals surface area (Å²) in [6.45, 7) is 1.81. The number of benzene rings is 2. The van der Waals surface area contributed by atoms with Crippen LogP contribution in [0.15, 0.2) is 41.3 Å². The van der Waals surface area contributed by atoms with Crippen molar-refractivity contribution in [1.29, 1.82) is 0 Å². The summed E-state index contributed by atoms with van der Waals surface area (Å²) in [7, 11) is -3.79. The number of hydrogen-bond acceptors (Lipinski definition) is 4. The van der Waals surface area contributed by atoms with Crippen molar-refractivity contribution < 1.29 is 22.7 Å². The van der Waals surface area contributed by atoms with Crippen molar-refractivity contribution in [3.63, 3.8) is 0 Å². The predicted octanol–water partition coefficient (Wildman–Crippen LogP) is 5.32. The first-order valence-electron chi connectivity index (χ1n) is 11.4. The van der Waals surface area contributed by atoms with Crippen molar-refractivity contribution in [2.24, 2.45) is 11.8 Å². The number of carbonyl (C=O) groups excluding carboxylic acids is 1. The van der Waals surface area contributed by atoms with Crippen LogP contribution >= 0.6 is 11.6 Å². The zero-order valence-corrected chi connectivity index (χ0v) is 19.9. The molecule has 0 aromatic heterocycles. The van der Waals surface area contributed by atoms with Crippen molar-refractivity contribution in [2.75, 3.05) is 5.32 Å². The van der Waals surface area contributed by atoms with Crippen LogP contribution in [0, 0.1) is 17.7 Å². The SMILES string of the molecule is CC1(O)C2CCC1CC(S(=O)(=O)c1cc(C(=O)Nc3ccc(F)c(C4CC4)c3)ccc1Cl)C2. The molecule has 2 N–H and O–H groups in total. The van der Waals surface area contributed by atoms with E-state index in [1.807, 2.05) is 0 Å². The van der Waals surface area contributed by atoms with Gasteiger partial charge in [-0.1, -0.05) is 11.6 Å². The van der Waals surface area contributed by atoms with Gasteiger partial charge in [0.1, 0.15) is 5.82 Å². The largest absolute Gasteiger partial charge is 0.390 e. The molecule has 8 heteroatoms. The molecule has 5 nitrogen and oxygen atoms in total. The quantitative estimate of drug-likeness (QED) is 0.592. The van der Waals surface area contributed by atoms with Crippen molar-refractivity contribution in [3.05, 3.63) is 58.4 Å². The lowest BCUT2D eigenvalue weighted by Crippen LogP contribution is -2.45. The van der Waals surface area contributed by atoms with Crippen molar-refractivity contribution in [3.8, 4) is 0 Å². The molecule has 176 valence electrons. The summed E-state index contributed by atoms with van der Waals surface area (Å²) in [5, 5.41) is 12.9. The Kier molecular flexibility index (Phi) is 5.58. The second-order valence-corrected chi connectivity index (χ2v) is 12.5. The summed E-state index contributed by atoms with van der Waals surface area (Å²) < 4.78 is 41.0. The van der Waals surface area contributed by atoms with E-state index in [2.05, 4.69) is 5.32 Å². The molecule has 5 rings (SSSR count). The van der Waals surface area contributed by atoms with Gasteiger partial charge in [-0.05, 0) is 105 Å². The summed E-state index contributed by atoms with van der Waals surface area (Å²) in [5.74, 6) is -0.680. The number of fused-ring (bicyclic) bond motifs is 2. The lowest BCUT2D eigenvalue weighted by atomic mass is 9.76. The summed E-state index contributed by atoms with van der Waals surface area (Å²) in [4.78, 5) is 12.8. The number of sulfone groups is 1. The van der Waals surface area contributed by atoms with Gasteiger partial charge in [-0.15, -0.1) is 0 Å². The first-order chi connectivity index (χ1) is 15.6. The van der Waals surface area contributed by atoms with E-state index in [0.717, 1.165) is 25.7 Å². The number of anilines is 1. The fourth-order valence-electron chi connectivity index (χ4n) is 5.59. The van der Waals surface area contributed by atoms with Gasteiger partial charge in [-0.25, -0.2) is 12.8 Å². The van der Waals surface area contributed by atoms with Gasteiger partial charge < -0.3 is 10.4 Å². The molecule has 1 amide bonds. The van der Waals surface area contributed by atoms with Gasteiger partial charge in [-0.2, -0.15) is 0 Å². The zero-order chi connectivity index (χ0) is 23.5. The number of amides is 1. The first-order valence-corrected chi connectivity index (χ1v) is 13.4. The molecule has 3 fully saturated rings. The Morgan fingerprint density at radius 1 is 1.09 bits per heavy atom. The number of halogens is 2. The van der Waals surface area contributed by atoms with Crippen LogP contribution in [0.4, 0.5) is 10.1 Å². The molecule has 0 aliphatic heterocycles. The van der Waals surface area contributed by atoms with Crippen LogP contribution in [0.3, 0.4) is 0 Å². The normalized spacial score (nSPS) is 29.2.